The fraction of sp³-hybridized carbons (Fsp3) is 0.167. The third-order valence-electron chi connectivity index (χ3n) is 3.03. The maximum absolute atomic E-state index is 11.8. The van der Waals surface area contributed by atoms with Crippen molar-refractivity contribution in [2.75, 3.05) is 6.61 Å². The second kappa shape index (κ2) is 10.0. The van der Waals surface area contributed by atoms with Crippen LogP contribution >= 0.6 is 0 Å². The molecular weight excluding hydrogens is 310 g/mol. The molecule has 0 amide bonds. The number of carbonyl (C=O) groups excluding carboxylic acids is 2. The molecule has 0 aliphatic carbocycles. The average molecular weight is 329 g/mol. The predicted octanol–water partition coefficient (Wildman–Crippen LogP) is 1.53. The summed E-state index contributed by atoms with van der Waals surface area (Å²) in [4.78, 5) is 33.3. The molecule has 0 aliphatic heterocycles. The van der Waals surface area contributed by atoms with Crippen molar-refractivity contribution in [1.82, 2.24) is 0 Å². The number of hydrogen-bond acceptors (Lipinski definition) is 5. The van der Waals surface area contributed by atoms with Crippen LogP contribution in [0.2, 0.25) is 0 Å². The zero-order valence-corrected chi connectivity index (χ0v) is 13.0. The molecule has 6 heteroatoms. The molecule has 2 rings (SSSR count). The molecule has 2 aromatic rings. The molecule has 0 aliphatic rings. The van der Waals surface area contributed by atoms with Gasteiger partial charge >= 0.3 is 5.97 Å². The summed E-state index contributed by atoms with van der Waals surface area (Å²) < 4.78 is 0. The van der Waals surface area contributed by atoms with Gasteiger partial charge in [-0.2, -0.15) is 0 Å². The Hall–Kier alpha value is -2.83. The number of carboxylic acid groups (broad SMARTS) is 1. The van der Waals surface area contributed by atoms with Crippen molar-refractivity contribution in [2.45, 2.75) is 12.5 Å². The molecule has 0 unspecified atom stereocenters. The number of carbonyl (C=O) groups is 3. The maximum Gasteiger partial charge on any atom is 0.322 e. The normalized spacial score (nSPS) is 10.9. The number of aliphatic hydroxyl groups is 1. The molecule has 2 aromatic carbocycles. The molecule has 0 saturated heterocycles. The van der Waals surface area contributed by atoms with Crippen LogP contribution in [0.25, 0.3) is 0 Å². The van der Waals surface area contributed by atoms with Crippen LogP contribution in [0.15, 0.2) is 60.7 Å². The van der Waals surface area contributed by atoms with Crippen molar-refractivity contribution in [3.05, 3.63) is 71.8 Å². The Kier molecular flexibility index (Phi) is 8.04. The number of Topliss-reactive ketones (excluding diaryl/α,β-unsaturated/α-hetero) is 2. The van der Waals surface area contributed by atoms with E-state index in [1.807, 2.05) is 12.1 Å². The Bertz CT molecular complexity index is 621. The van der Waals surface area contributed by atoms with Gasteiger partial charge in [-0.15, -0.1) is 0 Å². The summed E-state index contributed by atoms with van der Waals surface area (Å²) >= 11 is 0. The van der Waals surface area contributed by atoms with Crippen LogP contribution in [-0.2, 0) is 4.79 Å². The maximum atomic E-state index is 11.8. The molecule has 6 nitrogen and oxygen atoms in total. The van der Waals surface area contributed by atoms with E-state index in [4.69, 9.17) is 15.9 Å². The van der Waals surface area contributed by atoms with Crippen molar-refractivity contribution < 1.29 is 24.6 Å². The van der Waals surface area contributed by atoms with Gasteiger partial charge in [0.25, 0.3) is 0 Å². The number of benzene rings is 2. The van der Waals surface area contributed by atoms with Crippen molar-refractivity contribution >= 4 is 17.5 Å². The van der Waals surface area contributed by atoms with E-state index in [0.717, 1.165) is 0 Å². The molecule has 0 spiro atoms. The van der Waals surface area contributed by atoms with Crippen LogP contribution < -0.4 is 5.73 Å². The van der Waals surface area contributed by atoms with Crippen LogP contribution in [0.1, 0.15) is 27.1 Å². The van der Waals surface area contributed by atoms with E-state index in [1.54, 1.807) is 48.5 Å². The smallest absolute Gasteiger partial charge is 0.322 e. The summed E-state index contributed by atoms with van der Waals surface area (Å²) in [7, 11) is 0. The summed E-state index contributed by atoms with van der Waals surface area (Å²) in [6, 6.07) is 16.6. The molecule has 0 fully saturated rings. The zero-order chi connectivity index (χ0) is 17.9. The van der Waals surface area contributed by atoms with Gasteiger partial charge in [-0.05, 0) is 0 Å². The number of aliphatic carboxylic acids is 1. The summed E-state index contributed by atoms with van der Waals surface area (Å²) in [5.74, 6) is -1.46. The lowest BCUT2D eigenvalue weighted by atomic mass is 10.0. The number of ketones is 2. The average Bonchev–Trinajstić information content (AvgIpc) is 2.62. The van der Waals surface area contributed by atoms with E-state index < -0.39 is 18.6 Å². The predicted molar refractivity (Wildman–Crippen MR) is 88.9 cm³/mol. The van der Waals surface area contributed by atoms with Gasteiger partial charge < -0.3 is 15.9 Å². The Balaban J connectivity index is 0.000000351. The number of carboxylic acids is 1. The number of nitrogens with two attached hydrogens (primary N) is 1. The molecular formula is C18H19NO5. The standard InChI is InChI=1S/C15H12O2.C3H7NO3/c16-14(12-7-3-1-4-8-12)11-15(17)13-9-5-2-6-10-13;4-2(1-5)3(6)7/h1-10H,11H2;2,5H,1,4H2,(H,6,7)/t;2-/m.0/s1. The third kappa shape index (κ3) is 6.51. The molecule has 0 heterocycles. The minimum atomic E-state index is -1.18. The first kappa shape index (κ1) is 19.2. The topological polar surface area (TPSA) is 118 Å². The van der Waals surface area contributed by atoms with Crippen LogP contribution in [0.5, 0.6) is 0 Å². The van der Waals surface area contributed by atoms with Crippen LogP contribution in [-0.4, -0.2) is 40.4 Å². The quantitative estimate of drug-likeness (QED) is 0.546. The van der Waals surface area contributed by atoms with E-state index in [1.165, 1.54) is 0 Å². The SMILES string of the molecule is N[C@@H](CO)C(=O)O.O=C(CC(=O)c1ccccc1)c1ccccc1. The van der Waals surface area contributed by atoms with Gasteiger partial charge in [-0.3, -0.25) is 14.4 Å². The molecule has 0 radical (unpaired) electrons. The molecule has 0 bridgehead atoms. The zero-order valence-electron chi connectivity index (χ0n) is 13.0. The van der Waals surface area contributed by atoms with Crippen molar-refractivity contribution in [3.8, 4) is 0 Å². The Morgan fingerprint density at radius 1 is 0.833 bits per heavy atom. The number of hydrogen-bond donors (Lipinski definition) is 3. The first-order valence-electron chi connectivity index (χ1n) is 7.21. The summed E-state index contributed by atoms with van der Waals surface area (Å²) in [5.41, 5.74) is 5.93. The van der Waals surface area contributed by atoms with Crippen LogP contribution in [0.4, 0.5) is 0 Å². The van der Waals surface area contributed by atoms with Crippen molar-refractivity contribution in [2.24, 2.45) is 5.73 Å². The lowest BCUT2D eigenvalue weighted by Crippen LogP contribution is -2.33. The molecule has 0 aromatic heterocycles. The fourth-order valence-electron chi connectivity index (χ4n) is 1.68. The number of rotatable bonds is 6. The molecule has 24 heavy (non-hydrogen) atoms. The summed E-state index contributed by atoms with van der Waals surface area (Å²) in [5, 5.41) is 15.9. The van der Waals surface area contributed by atoms with E-state index in [-0.39, 0.29) is 18.0 Å². The van der Waals surface area contributed by atoms with Gasteiger partial charge in [0.05, 0.1) is 13.0 Å². The second-order valence-corrected chi connectivity index (χ2v) is 4.88. The lowest BCUT2D eigenvalue weighted by Gasteiger charge is -2.00. The molecule has 126 valence electrons. The van der Waals surface area contributed by atoms with E-state index >= 15 is 0 Å². The Morgan fingerprint density at radius 3 is 1.46 bits per heavy atom. The Morgan fingerprint density at radius 2 is 1.21 bits per heavy atom. The molecule has 1 atom stereocenters. The largest absolute Gasteiger partial charge is 0.480 e. The first-order valence-corrected chi connectivity index (χ1v) is 7.21. The highest BCUT2D eigenvalue weighted by atomic mass is 16.4. The van der Waals surface area contributed by atoms with Gasteiger partial charge in [-0.1, -0.05) is 60.7 Å². The Labute approximate surface area is 139 Å². The second-order valence-electron chi connectivity index (χ2n) is 4.88. The first-order chi connectivity index (χ1) is 11.5. The van der Waals surface area contributed by atoms with E-state index in [9.17, 15) is 14.4 Å². The van der Waals surface area contributed by atoms with Gasteiger partial charge in [0.2, 0.25) is 0 Å². The van der Waals surface area contributed by atoms with Gasteiger partial charge in [0.1, 0.15) is 6.04 Å². The number of aliphatic hydroxyl groups excluding tert-OH is 1. The lowest BCUT2D eigenvalue weighted by molar-refractivity contribution is -0.139. The van der Waals surface area contributed by atoms with E-state index in [0.29, 0.717) is 11.1 Å². The highest BCUT2D eigenvalue weighted by molar-refractivity contribution is 6.13. The molecule has 0 saturated carbocycles. The van der Waals surface area contributed by atoms with Crippen molar-refractivity contribution in [3.63, 3.8) is 0 Å². The monoisotopic (exact) mass is 329 g/mol. The summed E-state index contributed by atoms with van der Waals surface area (Å²) in [6.45, 7) is -0.505. The minimum absolute atomic E-state index is 0.0754. The fourth-order valence-corrected chi connectivity index (χ4v) is 1.68. The van der Waals surface area contributed by atoms with Gasteiger partial charge in [-0.25, -0.2) is 0 Å². The van der Waals surface area contributed by atoms with Gasteiger partial charge in [0, 0.05) is 11.1 Å². The third-order valence-corrected chi connectivity index (χ3v) is 3.03. The van der Waals surface area contributed by atoms with Gasteiger partial charge in [0.15, 0.2) is 11.6 Å². The molecule has 4 N–H and O–H groups in total. The highest BCUT2D eigenvalue weighted by Gasteiger charge is 2.12. The van der Waals surface area contributed by atoms with Crippen molar-refractivity contribution in [1.29, 1.82) is 0 Å². The minimum Gasteiger partial charge on any atom is -0.480 e. The van der Waals surface area contributed by atoms with Crippen LogP contribution in [0.3, 0.4) is 0 Å². The summed E-state index contributed by atoms with van der Waals surface area (Å²) in [6.07, 6.45) is -0.0754. The van der Waals surface area contributed by atoms with E-state index in [2.05, 4.69) is 0 Å². The van der Waals surface area contributed by atoms with Crippen LogP contribution in [0, 0.1) is 0 Å². The highest BCUT2D eigenvalue weighted by Crippen LogP contribution is 2.08.